The first-order chi connectivity index (χ1) is 12.6. The van der Waals surface area contributed by atoms with Crippen LogP contribution in [0.15, 0.2) is 91.0 Å². The van der Waals surface area contributed by atoms with Gasteiger partial charge in [0.05, 0.1) is 0 Å². The molecule has 0 bridgehead atoms. The van der Waals surface area contributed by atoms with E-state index in [1.165, 1.54) is 0 Å². The Labute approximate surface area is 159 Å². The van der Waals surface area contributed by atoms with Crippen LogP contribution in [0.2, 0.25) is 0 Å². The van der Waals surface area contributed by atoms with E-state index in [9.17, 15) is 4.79 Å². The number of hydrogen-bond acceptors (Lipinski definition) is 2. The summed E-state index contributed by atoms with van der Waals surface area (Å²) in [5, 5.41) is 2.89. The monoisotopic (exact) mass is 384 g/mol. The average molecular weight is 385 g/mol. The van der Waals surface area contributed by atoms with Gasteiger partial charge in [-0.15, -0.1) is 0 Å². The summed E-state index contributed by atoms with van der Waals surface area (Å²) in [7, 11) is 0. The molecule has 0 heterocycles. The van der Waals surface area contributed by atoms with Crippen LogP contribution in [0, 0.1) is 0 Å². The number of esters is 1. The fourth-order valence-corrected chi connectivity index (χ4v) is 9.09. The van der Waals surface area contributed by atoms with Crippen molar-refractivity contribution in [2.75, 3.05) is 12.8 Å². The van der Waals surface area contributed by atoms with E-state index in [4.69, 9.17) is 16.0 Å². The van der Waals surface area contributed by atoms with Crippen molar-refractivity contribution < 1.29 is 9.53 Å². The molecule has 0 radical (unpaired) electrons. The number of carbonyl (C=O) groups is 1. The predicted octanol–water partition coefficient (Wildman–Crippen LogP) is 4.23. The molecule has 3 aromatic rings. The van der Waals surface area contributed by atoms with Gasteiger partial charge in [0.2, 0.25) is 0 Å². The molecular formula is C22H22ClO2P. The van der Waals surface area contributed by atoms with Crippen molar-refractivity contribution in [2.45, 2.75) is 6.92 Å². The molecule has 0 fully saturated rings. The molecule has 0 amide bonds. The predicted molar refractivity (Wildman–Crippen MR) is 113 cm³/mol. The zero-order valence-corrected chi connectivity index (χ0v) is 16.4. The van der Waals surface area contributed by atoms with Crippen LogP contribution in [0.4, 0.5) is 0 Å². The van der Waals surface area contributed by atoms with Gasteiger partial charge in [-0.05, 0) is 0 Å². The van der Waals surface area contributed by atoms with Crippen molar-refractivity contribution in [3.63, 3.8) is 0 Å². The van der Waals surface area contributed by atoms with Gasteiger partial charge < -0.3 is 0 Å². The first-order valence-electron chi connectivity index (χ1n) is 8.65. The molecule has 0 N–H and O–H groups in total. The van der Waals surface area contributed by atoms with Gasteiger partial charge in [0.15, 0.2) is 0 Å². The normalized spacial score (nSPS) is 12.8. The van der Waals surface area contributed by atoms with Crippen LogP contribution in [0.3, 0.4) is 0 Å². The molecule has 4 heteroatoms. The van der Waals surface area contributed by atoms with Gasteiger partial charge >= 0.3 is 159 Å². The van der Waals surface area contributed by atoms with Crippen LogP contribution in [0.25, 0.3) is 0 Å². The van der Waals surface area contributed by atoms with E-state index in [0.717, 1.165) is 15.9 Å². The molecule has 134 valence electrons. The van der Waals surface area contributed by atoms with Crippen molar-refractivity contribution in [1.82, 2.24) is 0 Å². The van der Waals surface area contributed by atoms with Crippen LogP contribution in [-0.2, 0) is 9.53 Å². The molecule has 2 nitrogen and oxygen atoms in total. The molecule has 0 saturated heterocycles. The number of ether oxygens (including phenoxy) is 1. The summed E-state index contributed by atoms with van der Waals surface area (Å²) in [5.74, 6) is -3.82. The maximum atomic E-state index is 12.7. The molecular weight excluding hydrogens is 363 g/mol. The summed E-state index contributed by atoms with van der Waals surface area (Å²) in [6, 6.07) is 29.8. The van der Waals surface area contributed by atoms with Crippen molar-refractivity contribution in [3.8, 4) is 0 Å². The molecule has 0 unspecified atom stereocenters. The fraction of sp³-hybridized carbons (Fsp3) is 0.136. The van der Waals surface area contributed by atoms with Crippen LogP contribution in [0.5, 0.6) is 0 Å². The Bertz CT molecular complexity index is 767. The SMILES string of the molecule is CCOC(=O)CP(Cl)(c1ccccc1)(c1ccccc1)c1ccccc1. The number of carbonyl (C=O) groups excluding carboxylic acids is 1. The van der Waals surface area contributed by atoms with E-state index >= 15 is 0 Å². The van der Waals surface area contributed by atoms with Crippen molar-refractivity contribution in [3.05, 3.63) is 91.0 Å². The number of rotatable bonds is 6. The van der Waals surface area contributed by atoms with Crippen molar-refractivity contribution >= 4 is 39.1 Å². The minimum absolute atomic E-state index is 0.124. The van der Waals surface area contributed by atoms with Gasteiger partial charge in [0.1, 0.15) is 0 Å². The third kappa shape index (κ3) is 3.16. The van der Waals surface area contributed by atoms with Gasteiger partial charge in [0, 0.05) is 0 Å². The molecule has 0 aliphatic rings. The summed E-state index contributed by atoms with van der Waals surface area (Å²) >= 11 is 7.73. The van der Waals surface area contributed by atoms with Crippen molar-refractivity contribution in [1.29, 1.82) is 0 Å². The quantitative estimate of drug-likeness (QED) is 0.469. The van der Waals surface area contributed by atoms with Gasteiger partial charge in [-0.25, -0.2) is 0 Å². The molecule has 0 aliphatic heterocycles. The fourth-order valence-electron chi connectivity index (χ4n) is 3.39. The van der Waals surface area contributed by atoms with Gasteiger partial charge in [0.25, 0.3) is 0 Å². The average Bonchev–Trinajstić information content (AvgIpc) is 2.70. The summed E-state index contributed by atoms with van der Waals surface area (Å²) in [5.41, 5.74) is 0. The van der Waals surface area contributed by atoms with E-state index in [0.29, 0.717) is 6.61 Å². The van der Waals surface area contributed by atoms with E-state index in [2.05, 4.69) is 0 Å². The first-order valence-corrected chi connectivity index (χ1v) is 12.0. The number of benzene rings is 3. The minimum atomic E-state index is -3.54. The van der Waals surface area contributed by atoms with Crippen LogP contribution in [0.1, 0.15) is 6.92 Å². The summed E-state index contributed by atoms with van der Waals surface area (Å²) in [4.78, 5) is 12.7. The first kappa shape index (κ1) is 18.6. The topological polar surface area (TPSA) is 26.3 Å². The molecule has 0 atom stereocenters. The van der Waals surface area contributed by atoms with Gasteiger partial charge in [-0.2, -0.15) is 0 Å². The number of halogens is 1. The molecule has 0 saturated carbocycles. The van der Waals surface area contributed by atoms with Crippen molar-refractivity contribution in [2.24, 2.45) is 0 Å². The standard InChI is InChI=1S/C22H22ClO2P/c1-2-25-22(24)18-26(23,19-12-6-3-7-13-19,20-14-8-4-9-15-20)21-16-10-5-11-17-21/h3-17H,2,18H2,1H3. The maximum absolute atomic E-state index is 12.7. The van der Waals surface area contributed by atoms with E-state index in [1.807, 2.05) is 97.9 Å². The molecule has 0 spiro atoms. The van der Waals surface area contributed by atoms with E-state index < -0.39 is 5.96 Å². The zero-order chi connectivity index (χ0) is 18.5. The summed E-state index contributed by atoms with van der Waals surface area (Å²) in [6.45, 7) is 2.15. The summed E-state index contributed by atoms with van der Waals surface area (Å²) < 4.78 is 5.34. The third-order valence-electron chi connectivity index (χ3n) is 4.62. The van der Waals surface area contributed by atoms with Crippen LogP contribution < -0.4 is 15.9 Å². The van der Waals surface area contributed by atoms with Crippen LogP contribution >= 0.6 is 17.2 Å². The molecule has 3 aromatic carbocycles. The third-order valence-corrected chi connectivity index (χ3v) is 11.7. The van der Waals surface area contributed by atoms with E-state index in [1.54, 1.807) is 0 Å². The van der Waals surface area contributed by atoms with E-state index in [-0.39, 0.29) is 12.1 Å². The Kier molecular flexibility index (Phi) is 5.46. The van der Waals surface area contributed by atoms with Gasteiger partial charge in [-0.1, -0.05) is 0 Å². The second-order valence-electron chi connectivity index (χ2n) is 6.15. The Morgan fingerprint density at radius 1 is 0.769 bits per heavy atom. The Balaban J connectivity index is 2.37. The zero-order valence-electron chi connectivity index (χ0n) is 14.7. The Morgan fingerprint density at radius 2 is 1.12 bits per heavy atom. The Hall–Kier alpha value is -2.15. The molecule has 0 aliphatic carbocycles. The second kappa shape index (κ2) is 7.61. The van der Waals surface area contributed by atoms with Crippen LogP contribution in [-0.4, -0.2) is 18.7 Å². The second-order valence-corrected chi connectivity index (χ2v) is 12.6. The molecule has 3 rings (SSSR count). The Morgan fingerprint density at radius 3 is 1.42 bits per heavy atom. The number of hydrogen-bond donors (Lipinski definition) is 0. The molecule has 0 aromatic heterocycles. The van der Waals surface area contributed by atoms with Gasteiger partial charge in [-0.3, -0.25) is 0 Å². The summed E-state index contributed by atoms with van der Waals surface area (Å²) in [6.07, 6.45) is 0.124. The molecule has 26 heavy (non-hydrogen) atoms.